The van der Waals surface area contributed by atoms with Crippen LogP contribution >= 0.6 is 0 Å². The van der Waals surface area contributed by atoms with Crippen LogP contribution in [0.1, 0.15) is 34.8 Å². The molecule has 3 aliphatic rings. The lowest BCUT2D eigenvalue weighted by Crippen LogP contribution is -2.67. The molecule has 2 amide bonds. The van der Waals surface area contributed by atoms with Gasteiger partial charge >= 0.3 is 0 Å². The lowest BCUT2D eigenvalue weighted by molar-refractivity contribution is -0.154. The molecule has 0 aliphatic carbocycles. The van der Waals surface area contributed by atoms with E-state index < -0.39 is 29.5 Å². The summed E-state index contributed by atoms with van der Waals surface area (Å²) in [5.74, 6) is -1.67. The summed E-state index contributed by atoms with van der Waals surface area (Å²) in [6, 6.07) is 11.8. The Morgan fingerprint density at radius 2 is 1.71 bits per heavy atom. The van der Waals surface area contributed by atoms with Crippen LogP contribution in [-0.4, -0.2) is 46.5 Å². The number of amides is 2. The molecule has 0 bridgehead atoms. The predicted molar refractivity (Wildman–Crippen MR) is 95.1 cm³/mol. The average Bonchev–Trinajstić information content (AvgIpc) is 3.18. The van der Waals surface area contributed by atoms with Crippen molar-refractivity contribution in [3.63, 3.8) is 0 Å². The number of carbonyl (C=O) groups excluding carboxylic acids is 2. The van der Waals surface area contributed by atoms with Gasteiger partial charge in [-0.15, -0.1) is 0 Å². The maximum atomic E-state index is 13.6. The number of fused-ring (bicyclic) bond motifs is 1. The van der Waals surface area contributed by atoms with E-state index >= 15 is 0 Å². The first-order chi connectivity index (χ1) is 13.5. The van der Waals surface area contributed by atoms with E-state index in [2.05, 4.69) is 0 Å². The number of hydrogen-bond acceptors (Lipinski definition) is 3. The molecule has 3 heterocycles. The Balaban J connectivity index is 1.34. The van der Waals surface area contributed by atoms with Gasteiger partial charge in [0.25, 0.3) is 11.8 Å². The number of rotatable bonds is 2. The molecule has 0 N–H and O–H groups in total. The molecule has 0 aromatic heterocycles. The summed E-state index contributed by atoms with van der Waals surface area (Å²) in [6.07, 6.45) is 0.767. The highest BCUT2D eigenvalue weighted by atomic mass is 19.1. The molecule has 0 saturated carbocycles. The van der Waals surface area contributed by atoms with E-state index in [9.17, 15) is 18.4 Å². The molecule has 144 valence electrons. The summed E-state index contributed by atoms with van der Waals surface area (Å²) in [7, 11) is 0. The lowest BCUT2D eigenvalue weighted by atomic mass is 9.91. The third-order valence-electron chi connectivity index (χ3n) is 5.79. The highest BCUT2D eigenvalue weighted by Gasteiger charge is 2.63. The van der Waals surface area contributed by atoms with Gasteiger partial charge in [-0.05, 0) is 42.7 Å². The lowest BCUT2D eigenvalue weighted by Gasteiger charge is -2.45. The van der Waals surface area contributed by atoms with Crippen molar-refractivity contribution in [2.24, 2.45) is 0 Å². The van der Waals surface area contributed by atoms with Gasteiger partial charge in [-0.3, -0.25) is 9.59 Å². The SMILES string of the molecule is O=C(c1ccccc1)N1CC2(C1)O[C@@H]1CC[C@@H](c3cc(F)cc(F)c3)N1C2=O. The minimum atomic E-state index is -1.04. The van der Waals surface area contributed by atoms with Crippen LogP contribution in [0.5, 0.6) is 0 Å². The van der Waals surface area contributed by atoms with Crippen molar-refractivity contribution in [2.75, 3.05) is 13.1 Å². The van der Waals surface area contributed by atoms with E-state index in [1.54, 1.807) is 34.1 Å². The van der Waals surface area contributed by atoms with Gasteiger partial charge in [0.1, 0.15) is 17.9 Å². The number of likely N-dealkylation sites (tertiary alicyclic amines) is 1. The molecular weight excluding hydrogens is 366 g/mol. The Kier molecular flexibility index (Phi) is 3.77. The van der Waals surface area contributed by atoms with E-state index in [1.165, 1.54) is 12.1 Å². The zero-order chi connectivity index (χ0) is 19.5. The number of hydrogen-bond donors (Lipinski definition) is 0. The molecule has 5 nitrogen and oxygen atoms in total. The number of carbonyl (C=O) groups is 2. The second kappa shape index (κ2) is 6.10. The molecule has 2 aromatic rings. The molecule has 2 aromatic carbocycles. The van der Waals surface area contributed by atoms with Crippen LogP contribution in [0.3, 0.4) is 0 Å². The van der Waals surface area contributed by atoms with Crippen LogP contribution in [0.15, 0.2) is 48.5 Å². The van der Waals surface area contributed by atoms with Gasteiger partial charge in [-0.2, -0.15) is 0 Å². The molecule has 5 rings (SSSR count). The Labute approximate surface area is 160 Å². The second-order valence-corrected chi connectivity index (χ2v) is 7.60. The second-order valence-electron chi connectivity index (χ2n) is 7.60. The van der Waals surface area contributed by atoms with Crippen LogP contribution in [0.2, 0.25) is 0 Å². The summed E-state index contributed by atoms with van der Waals surface area (Å²) in [5, 5.41) is 0. The van der Waals surface area contributed by atoms with E-state index in [0.29, 0.717) is 24.0 Å². The molecule has 3 saturated heterocycles. The van der Waals surface area contributed by atoms with Crippen molar-refractivity contribution in [2.45, 2.75) is 30.7 Å². The quantitative estimate of drug-likeness (QED) is 0.800. The number of nitrogens with zero attached hydrogens (tertiary/aromatic N) is 2. The maximum Gasteiger partial charge on any atom is 0.261 e. The van der Waals surface area contributed by atoms with Crippen LogP contribution in [-0.2, 0) is 9.53 Å². The molecule has 0 unspecified atom stereocenters. The summed E-state index contributed by atoms with van der Waals surface area (Å²) in [5.41, 5.74) is -0.0402. The Hall–Kier alpha value is -2.80. The number of halogens is 2. The number of ether oxygens (including phenoxy) is 1. The molecular formula is C21H18F2N2O3. The fourth-order valence-corrected chi connectivity index (χ4v) is 4.50. The van der Waals surface area contributed by atoms with Gasteiger partial charge in [-0.1, -0.05) is 18.2 Å². The minimum absolute atomic E-state index is 0.140. The summed E-state index contributed by atoms with van der Waals surface area (Å²) >= 11 is 0. The normalized spacial score (nSPS) is 25.1. The molecule has 3 aliphatic heterocycles. The zero-order valence-electron chi connectivity index (χ0n) is 15.0. The van der Waals surface area contributed by atoms with Crippen molar-refractivity contribution in [1.82, 2.24) is 9.80 Å². The Bertz CT molecular complexity index is 939. The van der Waals surface area contributed by atoms with Gasteiger partial charge in [-0.25, -0.2) is 8.78 Å². The standard InChI is InChI=1S/C21H18F2N2O3/c22-15-8-14(9-16(23)10-15)17-6-7-18-25(17)20(27)21(28-18)11-24(12-21)19(26)13-4-2-1-3-5-13/h1-5,8-10,17-18H,6-7,11-12H2/t17-,18+/m0/s1. The fourth-order valence-electron chi connectivity index (χ4n) is 4.50. The van der Waals surface area contributed by atoms with Crippen LogP contribution in [0.4, 0.5) is 8.78 Å². The van der Waals surface area contributed by atoms with Gasteiger partial charge in [0, 0.05) is 11.6 Å². The molecule has 28 heavy (non-hydrogen) atoms. The van der Waals surface area contributed by atoms with Gasteiger partial charge < -0.3 is 14.5 Å². The van der Waals surface area contributed by atoms with E-state index in [0.717, 1.165) is 6.07 Å². The Morgan fingerprint density at radius 1 is 1.04 bits per heavy atom. The summed E-state index contributed by atoms with van der Waals surface area (Å²) < 4.78 is 33.3. The largest absolute Gasteiger partial charge is 0.338 e. The van der Waals surface area contributed by atoms with Gasteiger partial charge in [0.15, 0.2) is 5.60 Å². The van der Waals surface area contributed by atoms with Crippen LogP contribution < -0.4 is 0 Å². The fraction of sp³-hybridized carbons (Fsp3) is 0.333. The Morgan fingerprint density at radius 3 is 2.39 bits per heavy atom. The third-order valence-corrected chi connectivity index (χ3v) is 5.79. The molecule has 7 heteroatoms. The highest BCUT2D eigenvalue weighted by Crippen LogP contribution is 2.47. The van der Waals surface area contributed by atoms with Crippen LogP contribution in [0, 0.1) is 11.6 Å². The maximum absolute atomic E-state index is 13.6. The predicted octanol–water partition coefficient (Wildman–Crippen LogP) is 2.88. The molecule has 3 fully saturated rings. The average molecular weight is 384 g/mol. The van der Waals surface area contributed by atoms with Gasteiger partial charge in [0.05, 0.1) is 19.1 Å². The first kappa shape index (κ1) is 17.3. The summed E-state index contributed by atoms with van der Waals surface area (Å²) in [4.78, 5) is 28.9. The first-order valence-corrected chi connectivity index (χ1v) is 9.28. The summed E-state index contributed by atoms with van der Waals surface area (Å²) in [6.45, 7) is 0.383. The smallest absolute Gasteiger partial charge is 0.261 e. The van der Waals surface area contributed by atoms with E-state index in [1.807, 2.05) is 6.07 Å². The molecule has 2 atom stereocenters. The van der Waals surface area contributed by atoms with Crippen molar-refractivity contribution in [3.8, 4) is 0 Å². The third kappa shape index (κ3) is 2.53. The minimum Gasteiger partial charge on any atom is -0.338 e. The van der Waals surface area contributed by atoms with Crippen molar-refractivity contribution >= 4 is 11.8 Å². The van der Waals surface area contributed by atoms with Crippen molar-refractivity contribution in [3.05, 3.63) is 71.3 Å². The monoisotopic (exact) mass is 384 g/mol. The van der Waals surface area contributed by atoms with Crippen LogP contribution in [0.25, 0.3) is 0 Å². The van der Waals surface area contributed by atoms with Crippen molar-refractivity contribution < 1.29 is 23.1 Å². The first-order valence-electron chi connectivity index (χ1n) is 9.28. The van der Waals surface area contributed by atoms with Crippen molar-refractivity contribution in [1.29, 1.82) is 0 Å². The van der Waals surface area contributed by atoms with Gasteiger partial charge in [0.2, 0.25) is 0 Å². The van der Waals surface area contributed by atoms with E-state index in [-0.39, 0.29) is 24.9 Å². The molecule has 1 spiro atoms. The highest BCUT2D eigenvalue weighted by molar-refractivity contribution is 5.98. The molecule has 0 radical (unpaired) electrons. The zero-order valence-corrected chi connectivity index (χ0v) is 15.0. The number of benzene rings is 2. The topological polar surface area (TPSA) is 49.9 Å². The van der Waals surface area contributed by atoms with E-state index in [4.69, 9.17) is 4.74 Å².